The molecule has 4 rings (SSSR count). The first kappa shape index (κ1) is 17.5. The molecule has 0 aromatic heterocycles. The number of rotatable bonds is 3. The highest BCUT2D eigenvalue weighted by Crippen LogP contribution is 2.41. The number of benzene rings is 1. The van der Waals surface area contributed by atoms with Crippen molar-refractivity contribution >= 4 is 11.8 Å². The van der Waals surface area contributed by atoms with E-state index in [1.54, 1.807) is 23.1 Å². The van der Waals surface area contributed by atoms with E-state index in [1.807, 2.05) is 4.90 Å². The highest BCUT2D eigenvalue weighted by molar-refractivity contribution is 5.86. The Balaban J connectivity index is 1.46. The summed E-state index contributed by atoms with van der Waals surface area (Å²) in [7, 11) is 0. The molecular formula is C21H27FN2O2. The van der Waals surface area contributed by atoms with Gasteiger partial charge in [-0.3, -0.25) is 9.59 Å². The number of hydrogen-bond donors (Lipinski definition) is 0. The second-order valence-electron chi connectivity index (χ2n) is 8.19. The van der Waals surface area contributed by atoms with E-state index in [9.17, 15) is 14.0 Å². The summed E-state index contributed by atoms with van der Waals surface area (Å²) < 4.78 is 14.0. The summed E-state index contributed by atoms with van der Waals surface area (Å²) in [6, 6.07) is 6.66. The average molecular weight is 358 g/mol. The molecule has 3 fully saturated rings. The maximum atomic E-state index is 14.0. The van der Waals surface area contributed by atoms with Crippen LogP contribution in [0.3, 0.4) is 0 Å². The van der Waals surface area contributed by atoms with Gasteiger partial charge in [0.25, 0.3) is 0 Å². The molecule has 26 heavy (non-hydrogen) atoms. The summed E-state index contributed by atoms with van der Waals surface area (Å²) in [6.07, 6.45) is 6.79. The Morgan fingerprint density at radius 3 is 2.65 bits per heavy atom. The first-order valence-corrected chi connectivity index (χ1v) is 9.91. The van der Waals surface area contributed by atoms with E-state index >= 15 is 0 Å². The maximum absolute atomic E-state index is 14.0. The first-order chi connectivity index (χ1) is 12.6. The van der Waals surface area contributed by atoms with Crippen molar-refractivity contribution in [2.24, 2.45) is 11.3 Å². The smallest absolute Gasteiger partial charge is 0.230 e. The second-order valence-corrected chi connectivity index (χ2v) is 8.19. The van der Waals surface area contributed by atoms with Crippen molar-refractivity contribution in [1.29, 1.82) is 0 Å². The average Bonchev–Trinajstić information content (AvgIpc) is 3.31. The maximum Gasteiger partial charge on any atom is 0.230 e. The van der Waals surface area contributed by atoms with Crippen molar-refractivity contribution in [3.8, 4) is 0 Å². The molecule has 0 unspecified atom stereocenters. The zero-order valence-electron chi connectivity index (χ0n) is 15.3. The summed E-state index contributed by atoms with van der Waals surface area (Å²) in [5, 5.41) is 0. The van der Waals surface area contributed by atoms with E-state index in [0.717, 1.165) is 44.9 Å². The van der Waals surface area contributed by atoms with Gasteiger partial charge in [-0.05, 0) is 38.2 Å². The monoisotopic (exact) mass is 358 g/mol. The van der Waals surface area contributed by atoms with Gasteiger partial charge < -0.3 is 9.80 Å². The van der Waals surface area contributed by atoms with Gasteiger partial charge in [0.1, 0.15) is 5.82 Å². The van der Waals surface area contributed by atoms with Crippen LogP contribution >= 0.6 is 0 Å². The van der Waals surface area contributed by atoms with Gasteiger partial charge in [-0.1, -0.05) is 31.0 Å². The SMILES string of the molecule is O=C(C1CCCC1)N1CC[C@@]2(CCCN(Cc3ccccc3F)C2=O)C1. The van der Waals surface area contributed by atoms with Gasteiger partial charge in [-0.25, -0.2) is 4.39 Å². The van der Waals surface area contributed by atoms with Crippen molar-refractivity contribution in [3.05, 3.63) is 35.6 Å². The molecule has 1 aliphatic carbocycles. The molecule has 1 aromatic carbocycles. The molecule has 2 amide bonds. The Morgan fingerprint density at radius 1 is 1.12 bits per heavy atom. The predicted octanol–water partition coefficient (Wildman–Crippen LogP) is 3.36. The molecule has 1 spiro atoms. The Bertz CT molecular complexity index is 701. The lowest BCUT2D eigenvalue weighted by atomic mass is 9.78. The van der Waals surface area contributed by atoms with Crippen LogP contribution in [0.25, 0.3) is 0 Å². The molecule has 0 radical (unpaired) electrons. The van der Waals surface area contributed by atoms with Gasteiger partial charge in [-0.15, -0.1) is 0 Å². The topological polar surface area (TPSA) is 40.6 Å². The summed E-state index contributed by atoms with van der Waals surface area (Å²) >= 11 is 0. The molecule has 0 N–H and O–H groups in total. The molecule has 2 aliphatic heterocycles. The predicted molar refractivity (Wildman–Crippen MR) is 96.6 cm³/mol. The minimum Gasteiger partial charge on any atom is -0.341 e. The molecule has 140 valence electrons. The second kappa shape index (κ2) is 7.01. The van der Waals surface area contributed by atoms with Crippen LogP contribution in [0.2, 0.25) is 0 Å². The van der Waals surface area contributed by atoms with Crippen molar-refractivity contribution in [2.45, 2.75) is 51.5 Å². The van der Waals surface area contributed by atoms with E-state index in [-0.39, 0.29) is 23.5 Å². The lowest BCUT2D eigenvalue weighted by Gasteiger charge is -2.39. The molecule has 1 aromatic rings. The number of amides is 2. The zero-order chi connectivity index (χ0) is 18.1. The molecule has 3 aliphatic rings. The fraction of sp³-hybridized carbons (Fsp3) is 0.619. The van der Waals surface area contributed by atoms with Crippen molar-refractivity contribution in [3.63, 3.8) is 0 Å². The van der Waals surface area contributed by atoms with Crippen LogP contribution in [0, 0.1) is 17.2 Å². The van der Waals surface area contributed by atoms with Crippen LogP contribution in [-0.2, 0) is 16.1 Å². The standard InChI is InChI=1S/C21H27FN2O2/c22-18-9-4-3-8-17(18)14-23-12-5-10-21(20(23)26)11-13-24(15-21)19(25)16-6-1-2-7-16/h3-4,8-9,16H,1-2,5-7,10-15H2/t21-/m0/s1. The fourth-order valence-electron chi connectivity index (χ4n) is 5.01. The number of carbonyl (C=O) groups excluding carboxylic acids is 2. The first-order valence-electron chi connectivity index (χ1n) is 9.91. The third-order valence-corrected chi connectivity index (χ3v) is 6.51. The Kier molecular flexibility index (Phi) is 4.72. The minimum atomic E-state index is -0.447. The van der Waals surface area contributed by atoms with E-state index in [4.69, 9.17) is 0 Å². The number of carbonyl (C=O) groups is 2. The third-order valence-electron chi connectivity index (χ3n) is 6.51. The van der Waals surface area contributed by atoms with Gasteiger partial charge in [-0.2, -0.15) is 0 Å². The molecule has 4 nitrogen and oxygen atoms in total. The molecule has 2 saturated heterocycles. The number of hydrogen-bond acceptors (Lipinski definition) is 2. The molecule has 1 saturated carbocycles. The number of halogens is 1. The van der Waals surface area contributed by atoms with Gasteiger partial charge in [0.05, 0.1) is 5.41 Å². The van der Waals surface area contributed by atoms with Gasteiger partial charge in [0.2, 0.25) is 11.8 Å². The van der Waals surface area contributed by atoms with Crippen LogP contribution in [0.4, 0.5) is 4.39 Å². The largest absolute Gasteiger partial charge is 0.341 e. The zero-order valence-corrected chi connectivity index (χ0v) is 15.3. The lowest BCUT2D eigenvalue weighted by molar-refractivity contribution is -0.147. The summed E-state index contributed by atoms with van der Waals surface area (Å²) in [6.45, 7) is 2.23. The van der Waals surface area contributed by atoms with E-state index in [2.05, 4.69) is 0 Å². The molecule has 1 atom stereocenters. The van der Waals surface area contributed by atoms with Crippen LogP contribution < -0.4 is 0 Å². The van der Waals surface area contributed by atoms with Gasteiger partial charge in [0, 0.05) is 37.7 Å². The molecule has 0 bridgehead atoms. The highest BCUT2D eigenvalue weighted by Gasteiger charge is 2.50. The van der Waals surface area contributed by atoms with Crippen molar-refractivity contribution < 1.29 is 14.0 Å². The van der Waals surface area contributed by atoms with Crippen LogP contribution in [0.15, 0.2) is 24.3 Å². The molecule has 2 heterocycles. The van der Waals surface area contributed by atoms with Gasteiger partial charge >= 0.3 is 0 Å². The van der Waals surface area contributed by atoms with Crippen LogP contribution in [0.5, 0.6) is 0 Å². The lowest BCUT2D eigenvalue weighted by Crippen LogP contribution is -2.50. The number of likely N-dealkylation sites (tertiary alicyclic amines) is 2. The Morgan fingerprint density at radius 2 is 1.88 bits per heavy atom. The number of piperidine rings is 1. The third kappa shape index (κ3) is 3.12. The highest BCUT2D eigenvalue weighted by atomic mass is 19.1. The van der Waals surface area contributed by atoms with Crippen LogP contribution in [-0.4, -0.2) is 41.2 Å². The Labute approximate surface area is 154 Å². The summed E-state index contributed by atoms with van der Waals surface area (Å²) in [5.41, 5.74) is 0.118. The van der Waals surface area contributed by atoms with E-state index < -0.39 is 5.41 Å². The van der Waals surface area contributed by atoms with Crippen molar-refractivity contribution in [1.82, 2.24) is 9.80 Å². The summed E-state index contributed by atoms with van der Waals surface area (Å²) in [4.78, 5) is 29.7. The Hall–Kier alpha value is -1.91. The number of nitrogens with zero attached hydrogens (tertiary/aromatic N) is 2. The van der Waals surface area contributed by atoms with E-state index in [0.29, 0.717) is 31.7 Å². The van der Waals surface area contributed by atoms with Crippen LogP contribution in [0.1, 0.15) is 50.5 Å². The normalized spacial score (nSPS) is 26.9. The van der Waals surface area contributed by atoms with Gasteiger partial charge in [0.15, 0.2) is 0 Å². The minimum absolute atomic E-state index is 0.105. The van der Waals surface area contributed by atoms with Crippen molar-refractivity contribution in [2.75, 3.05) is 19.6 Å². The molecular weight excluding hydrogens is 331 g/mol. The fourth-order valence-corrected chi connectivity index (χ4v) is 5.01. The molecule has 5 heteroatoms. The summed E-state index contributed by atoms with van der Waals surface area (Å²) in [5.74, 6) is 0.259. The van der Waals surface area contributed by atoms with E-state index in [1.165, 1.54) is 6.07 Å². The quantitative estimate of drug-likeness (QED) is 0.831.